The Hall–Kier alpha value is -2.46. The van der Waals surface area contributed by atoms with E-state index in [-0.39, 0.29) is 35.6 Å². The van der Waals surface area contributed by atoms with E-state index in [4.69, 9.17) is 9.47 Å². The molecule has 1 aliphatic carbocycles. The number of esters is 1. The highest BCUT2D eigenvalue weighted by molar-refractivity contribution is 7.92. The monoisotopic (exact) mass is 396 g/mol. The van der Waals surface area contributed by atoms with Crippen LogP contribution in [0.2, 0.25) is 0 Å². The average Bonchev–Trinajstić information content (AvgIpc) is 2.91. The Labute approximate surface area is 156 Å². The number of Topliss-reactive ketones (excluding diaryl/α,β-unsaturated/α-hetero) is 1. The molecule has 2 unspecified atom stereocenters. The first kappa shape index (κ1) is 19.3. The van der Waals surface area contributed by atoms with Crippen molar-refractivity contribution in [1.29, 1.82) is 0 Å². The van der Waals surface area contributed by atoms with Crippen LogP contribution in [0.4, 0.5) is 0 Å². The van der Waals surface area contributed by atoms with Crippen LogP contribution in [0.25, 0.3) is 0 Å². The van der Waals surface area contributed by atoms with E-state index in [2.05, 4.69) is 5.10 Å². The van der Waals surface area contributed by atoms with Gasteiger partial charge in [0.1, 0.15) is 11.0 Å². The van der Waals surface area contributed by atoms with E-state index < -0.39 is 31.9 Å². The molecule has 0 saturated carbocycles. The molecular weight excluding hydrogens is 376 g/mol. The molecule has 1 N–H and O–H groups in total. The molecule has 27 heavy (non-hydrogen) atoms. The highest BCUT2D eigenvalue weighted by Gasteiger charge is 2.75. The van der Waals surface area contributed by atoms with Crippen molar-refractivity contribution in [2.24, 2.45) is 12.5 Å². The fraction of sp³-hybridized carbons (Fsp3) is 0.471. The van der Waals surface area contributed by atoms with Crippen LogP contribution in [0.3, 0.4) is 0 Å². The van der Waals surface area contributed by atoms with E-state index in [1.807, 2.05) is 0 Å². The van der Waals surface area contributed by atoms with Crippen molar-refractivity contribution in [2.45, 2.75) is 18.3 Å². The van der Waals surface area contributed by atoms with Gasteiger partial charge in [-0.05, 0) is 31.1 Å². The lowest BCUT2D eigenvalue weighted by Gasteiger charge is -2.55. The fourth-order valence-corrected chi connectivity index (χ4v) is 5.28. The summed E-state index contributed by atoms with van der Waals surface area (Å²) in [7, 11) is -0.952. The third kappa shape index (κ3) is 2.32. The molecule has 3 rings (SSSR count). The van der Waals surface area contributed by atoms with Gasteiger partial charge in [-0.25, -0.2) is 13.1 Å². The molecule has 2 heterocycles. The lowest BCUT2D eigenvalue weighted by atomic mass is 9.64. The second-order valence-electron chi connectivity index (χ2n) is 6.68. The second-order valence-corrected chi connectivity index (χ2v) is 8.83. The molecule has 1 aromatic heterocycles. The standard InChI is InChI=1S/C17H20N2O7S/c1-10-11(13(20)12-9-18-19(2)14(12)21)5-6-17(27(4,23)24)16(10,7-8-25-3)15(22)26-17/h5-6,9,21H,7-8H2,1-4H3. The van der Waals surface area contributed by atoms with Crippen LogP contribution < -0.4 is 0 Å². The Morgan fingerprint density at radius 2 is 2.11 bits per heavy atom. The number of ether oxygens (including phenoxy) is 2. The number of ketones is 1. The van der Waals surface area contributed by atoms with E-state index in [1.165, 1.54) is 39.4 Å². The van der Waals surface area contributed by atoms with Gasteiger partial charge < -0.3 is 14.6 Å². The maximum atomic E-state index is 12.9. The Kier molecular flexibility index (Phi) is 4.31. The van der Waals surface area contributed by atoms with E-state index >= 15 is 0 Å². The number of nitrogens with zero attached hydrogens (tertiary/aromatic N) is 2. The molecule has 0 spiro atoms. The van der Waals surface area contributed by atoms with Crippen LogP contribution in [0.1, 0.15) is 23.7 Å². The number of aromatic hydroxyl groups is 1. The van der Waals surface area contributed by atoms with Gasteiger partial charge in [-0.3, -0.25) is 9.59 Å². The predicted octanol–water partition coefficient (Wildman–Crippen LogP) is 0.515. The summed E-state index contributed by atoms with van der Waals surface area (Å²) in [4.78, 5) is 23.6. The number of methoxy groups -OCH3 is 1. The van der Waals surface area contributed by atoms with Gasteiger partial charge in [-0.1, -0.05) is 0 Å². The summed E-state index contributed by atoms with van der Waals surface area (Å²) < 4.78 is 36.3. The summed E-state index contributed by atoms with van der Waals surface area (Å²) in [5, 5.41) is 13.9. The lowest BCUT2D eigenvalue weighted by molar-refractivity contribution is -0.204. The van der Waals surface area contributed by atoms with Gasteiger partial charge in [-0.2, -0.15) is 5.10 Å². The van der Waals surface area contributed by atoms with Crippen molar-refractivity contribution < 1.29 is 32.6 Å². The number of rotatable bonds is 6. The molecule has 0 radical (unpaired) electrons. The third-order valence-electron chi connectivity index (χ3n) is 5.33. The summed E-state index contributed by atoms with van der Waals surface area (Å²) in [6.45, 7) is 1.62. The molecule has 2 atom stereocenters. The van der Waals surface area contributed by atoms with Gasteiger partial charge in [0.25, 0.3) is 0 Å². The number of aromatic nitrogens is 2. The van der Waals surface area contributed by atoms with Crippen LogP contribution in [0.15, 0.2) is 29.5 Å². The van der Waals surface area contributed by atoms with Crippen molar-refractivity contribution in [3.63, 3.8) is 0 Å². The van der Waals surface area contributed by atoms with Gasteiger partial charge in [0, 0.05) is 32.6 Å². The predicted molar refractivity (Wildman–Crippen MR) is 93.6 cm³/mol. The maximum absolute atomic E-state index is 12.9. The largest absolute Gasteiger partial charge is 0.493 e. The van der Waals surface area contributed by atoms with Crippen LogP contribution >= 0.6 is 0 Å². The molecule has 10 heteroatoms. The topological polar surface area (TPSA) is 125 Å². The van der Waals surface area contributed by atoms with E-state index in [1.54, 1.807) is 0 Å². The number of carbonyl (C=O) groups excluding carboxylic acids is 2. The van der Waals surface area contributed by atoms with E-state index in [9.17, 15) is 23.1 Å². The molecule has 1 saturated heterocycles. The minimum Gasteiger partial charge on any atom is -0.493 e. The van der Waals surface area contributed by atoms with Crippen LogP contribution in [0, 0.1) is 5.41 Å². The van der Waals surface area contributed by atoms with Crippen LogP contribution in [-0.2, 0) is 31.2 Å². The number of fused-ring (bicyclic) bond motifs is 1. The highest BCUT2D eigenvalue weighted by Crippen LogP contribution is 2.60. The zero-order chi connectivity index (χ0) is 20.2. The lowest BCUT2D eigenvalue weighted by Crippen LogP contribution is -2.71. The zero-order valence-corrected chi connectivity index (χ0v) is 16.2. The number of carbonyl (C=O) groups is 2. The molecule has 1 fully saturated rings. The molecular formula is C17H20N2O7S. The van der Waals surface area contributed by atoms with Gasteiger partial charge >= 0.3 is 5.97 Å². The molecule has 1 aromatic rings. The molecule has 9 nitrogen and oxygen atoms in total. The molecule has 0 bridgehead atoms. The number of allylic oxidation sites excluding steroid dienone is 2. The summed E-state index contributed by atoms with van der Waals surface area (Å²) in [5.74, 6) is -1.61. The van der Waals surface area contributed by atoms with Crippen molar-refractivity contribution in [1.82, 2.24) is 9.78 Å². The molecule has 2 aliphatic rings. The summed E-state index contributed by atoms with van der Waals surface area (Å²) in [6.07, 6.45) is 4.78. The first-order valence-electron chi connectivity index (χ1n) is 8.11. The molecule has 1 aliphatic heterocycles. The number of hydrogen-bond donors (Lipinski definition) is 1. The minimum atomic E-state index is -3.86. The highest BCUT2D eigenvalue weighted by atomic mass is 32.2. The Bertz CT molecular complexity index is 1000. The van der Waals surface area contributed by atoms with Crippen LogP contribution in [0.5, 0.6) is 5.88 Å². The van der Waals surface area contributed by atoms with Crippen molar-refractivity contribution in [3.8, 4) is 5.88 Å². The first-order valence-corrected chi connectivity index (χ1v) is 10.0. The normalized spacial score (nSPS) is 27.2. The van der Waals surface area contributed by atoms with Crippen molar-refractivity contribution in [2.75, 3.05) is 20.0 Å². The molecule has 0 aromatic carbocycles. The third-order valence-corrected chi connectivity index (χ3v) is 7.00. The Morgan fingerprint density at radius 1 is 1.44 bits per heavy atom. The van der Waals surface area contributed by atoms with Crippen molar-refractivity contribution >= 4 is 21.6 Å². The quantitative estimate of drug-likeness (QED) is 0.545. The molecule has 0 amide bonds. The van der Waals surface area contributed by atoms with Gasteiger partial charge in [-0.15, -0.1) is 0 Å². The summed E-state index contributed by atoms with van der Waals surface area (Å²) in [6, 6.07) is 0. The smallest absolute Gasteiger partial charge is 0.323 e. The van der Waals surface area contributed by atoms with Crippen molar-refractivity contribution in [3.05, 3.63) is 35.1 Å². The fourth-order valence-electron chi connectivity index (χ4n) is 3.76. The average molecular weight is 396 g/mol. The first-order chi connectivity index (χ1) is 12.5. The number of aryl methyl sites for hydroxylation is 1. The van der Waals surface area contributed by atoms with E-state index in [0.717, 1.165) is 10.9 Å². The Balaban J connectivity index is 2.19. The maximum Gasteiger partial charge on any atom is 0.323 e. The van der Waals surface area contributed by atoms with Crippen LogP contribution in [-0.4, -0.2) is 60.0 Å². The van der Waals surface area contributed by atoms with Gasteiger partial charge in [0.15, 0.2) is 15.6 Å². The second kappa shape index (κ2) is 6.03. The number of hydrogen-bond acceptors (Lipinski definition) is 8. The van der Waals surface area contributed by atoms with E-state index in [0.29, 0.717) is 0 Å². The summed E-state index contributed by atoms with van der Waals surface area (Å²) >= 11 is 0. The minimum absolute atomic E-state index is 0.0291. The SMILES string of the molecule is COCCC12C(=O)OC1(S(C)(=O)=O)C=CC(C(=O)c1cnn(C)c1O)=C2C. The summed E-state index contributed by atoms with van der Waals surface area (Å²) in [5.41, 5.74) is -1.23. The zero-order valence-electron chi connectivity index (χ0n) is 15.3. The van der Waals surface area contributed by atoms with Gasteiger partial charge in [0.05, 0.1) is 6.20 Å². The Morgan fingerprint density at radius 3 is 2.59 bits per heavy atom. The number of sulfone groups is 1. The molecule has 146 valence electrons. The van der Waals surface area contributed by atoms with Gasteiger partial charge in [0.2, 0.25) is 10.8 Å².